The third kappa shape index (κ3) is 5.47. The molecule has 0 saturated heterocycles. The number of quaternary nitrogens is 1. The second kappa shape index (κ2) is 10.3. The SMILES string of the molecule is CC(C)[N+](C)(CC[C@H](c1ccccc1)c1cc(C(N)=O)ccc1O)C(C)C.[I-]. The predicted octanol–water partition coefficient (Wildman–Crippen LogP) is 1.28. The molecule has 0 aliphatic carbocycles. The van der Waals surface area contributed by atoms with Crippen molar-refractivity contribution in [3.05, 3.63) is 65.2 Å². The van der Waals surface area contributed by atoms with Crippen LogP contribution in [0.1, 0.15) is 61.5 Å². The van der Waals surface area contributed by atoms with Gasteiger partial charge < -0.3 is 39.3 Å². The second-order valence-electron chi connectivity index (χ2n) is 8.15. The number of benzene rings is 2. The van der Waals surface area contributed by atoms with Crippen molar-refractivity contribution in [3.63, 3.8) is 0 Å². The molecular formula is C23H33IN2O2. The highest BCUT2D eigenvalue weighted by Crippen LogP contribution is 2.36. The van der Waals surface area contributed by atoms with Crippen LogP contribution in [-0.4, -0.2) is 41.2 Å². The maximum atomic E-state index is 11.7. The maximum Gasteiger partial charge on any atom is 0.248 e. The van der Waals surface area contributed by atoms with Crippen molar-refractivity contribution in [2.75, 3.05) is 13.6 Å². The van der Waals surface area contributed by atoms with Gasteiger partial charge in [0.05, 0.1) is 25.7 Å². The van der Waals surface area contributed by atoms with Gasteiger partial charge in [0.25, 0.3) is 0 Å². The number of nitrogens with zero attached hydrogens (tertiary/aromatic N) is 1. The van der Waals surface area contributed by atoms with Crippen LogP contribution in [0.25, 0.3) is 0 Å². The van der Waals surface area contributed by atoms with Crippen molar-refractivity contribution < 1.29 is 38.4 Å². The molecule has 3 N–H and O–H groups in total. The Morgan fingerprint density at radius 1 is 1.04 bits per heavy atom. The number of aromatic hydroxyl groups is 1. The van der Waals surface area contributed by atoms with Crippen molar-refractivity contribution in [3.8, 4) is 5.75 Å². The highest BCUT2D eigenvalue weighted by atomic mass is 127. The number of hydrogen-bond acceptors (Lipinski definition) is 2. The zero-order valence-electron chi connectivity index (χ0n) is 17.5. The van der Waals surface area contributed by atoms with Gasteiger partial charge in [-0.25, -0.2) is 0 Å². The fraction of sp³-hybridized carbons (Fsp3) is 0.435. The van der Waals surface area contributed by atoms with Gasteiger partial charge in [0.2, 0.25) is 5.91 Å². The van der Waals surface area contributed by atoms with Crippen LogP contribution in [0.4, 0.5) is 0 Å². The summed E-state index contributed by atoms with van der Waals surface area (Å²) < 4.78 is 0.944. The molecule has 4 nitrogen and oxygen atoms in total. The molecule has 5 heteroatoms. The van der Waals surface area contributed by atoms with Crippen molar-refractivity contribution >= 4 is 5.91 Å². The quantitative estimate of drug-likeness (QED) is 0.428. The van der Waals surface area contributed by atoms with E-state index in [9.17, 15) is 9.90 Å². The Balaban J connectivity index is 0.00000392. The Morgan fingerprint density at radius 3 is 2.11 bits per heavy atom. The molecule has 1 amide bonds. The fourth-order valence-electron chi connectivity index (χ4n) is 3.69. The van der Waals surface area contributed by atoms with Gasteiger partial charge in [0.1, 0.15) is 5.75 Å². The van der Waals surface area contributed by atoms with E-state index in [1.54, 1.807) is 18.2 Å². The van der Waals surface area contributed by atoms with Crippen molar-refractivity contribution in [2.45, 2.75) is 52.1 Å². The average molecular weight is 496 g/mol. The minimum atomic E-state index is -0.479. The standard InChI is InChI=1S/C23H32N2O2.HI/c1-16(2)25(5,17(3)4)14-13-20(18-9-7-6-8-10-18)21-15-19(23(24)27)11-12-22(21)26;/h6-12,15-17,20H,13-14H2,1-5H3,(H2-,24,26,27);1H/t20-;/m1./s1. The van der Waals surface area contributed by atoms with E-state index in [2.05, 4.69) is 46.9 Å². The van der Waals surface area contributed by atoms with E-state index >= 15 is 0 Å². The number of hydrogen-bond donors (Lipinski definition) is 2. The summed E-state index contributed by atoms with van der Waals surface area (Å²) in [6.07, 6.45) is 0.868. The molecule has 0 radical (unpaired) electrons. The first-order valence-electron chi connectivity index (χ1n) is 9.69. The molecule has 1 atom stereocenters. The van der Waals surface area contributed by atoms with Crippen LogP contribution in [0.15, 0.2) is 48.5 Å². The lowest BCUT2D eigenvalue weighted by atomic mass is 9.86. The first kappa shape index (κ1) is 24.4. The number of carbonyl (C=O) groups excluding carboxylic acids is 1. The first-order chi connectivity index (χ1) is 12.7. The van der Waals surface area contributed by atoms with Gasteiger partial charge in [0, 0.05) is 23.5 Å². The molecular weight excluding hydrogens is 463 g/mol. The summed E-state index contributed by atoms with van der Waals surface area (Å²) >= 11 is 0. The molecule has 0 aliphatic rings. The van der Waals surface area contributed by atoms with E-state index in [1.165, 1.54) is 0 Å². The number of rotatable bonds is 8. The normalized spacial score (nSPS) is 12.7. The van der Waals surface area contributed by atoms with E-state index in [0.717, 1.165) is 28.6 Å². The van der Waals surface area contributed by atoms with Crippen molar-refractivity contribution in [1.82, 2.24) is 0 Å². The minimum Gasteiger partial charge on any atom is -1.00 e. The Labute approximate surface area is 186 Å². The number of halogens is 1. The highest BCUT2D eigenvalue weighted by molar-refractivity contribution is 5.93. The monoisotopic (exact) mass is 496 g/mol. The molecule has 28 heavy (non-hydrogen) atoms. The summed E-state index contributed by atoms with van der Waals surface area (Å²) in [5.41, 5.74) is 7.79. The molecule has 2 rings (SSSR count). The van der Waals surface area contributed by atoms with E-state index in [-0.39, 0.29) is 35.6 Å². The van der Waals surface area contributed by atoms with Crippen LogP contribution in [0.2, 0.25) is 0 Å². The third-order valence-corrected chi connectivity index (χ3v) is 6.15. The predicted molar refractivity (Wildman–Crippen MR) is 111 cm³/mol. The summed E-state index contributed by atoms with van der Waals surface area (Å²) in [7, 11) is 2.29. The lowest BCUT2D eigenvalue weighted by Crippen LogP contribution is -3.00. The largest absolute Gasteiger partial charge is 1.00 e. The van der Waals surface area contributed by atoms with Gasteiger partial charge >= 0.3 is 0 Å². The molecule has 0 heterocycles. The van der Waals surface area contributed by atoms with E-state index in [0.29, 0.717) is 17.6 Å². The van der Waals surface area contributed by atoms with E-state index in [4.69, 9.17) is 5.73 Å². The molecule has 0 aromatic heterocycles. The van der Waals surface area contributed by atoms with Crippen molar-refractivity contribution in [1.29, 1.82) is 0 Å². The topological polar surface area (TPSA) is 63.3 Å². The second-order valence-corrected chi connectivity index (χ2v) is 8.15. The molecule has 154 valence electrons. The minimum absolute atomic E-state index is 0. The summed E-state index contributed by atoms with van der Waals surface area (Å²) in [5.74, 6) is -0.273. The number of carbonyl (C=O) groups is 1. The van der Waals surface area contributed by atoms with Gasteiger partial charge in [-0.05, 0) is 51.5 Å². The molecule has 0 saturated carbocycles. The molecule has 2 aromatic carbocycles. The van der Waals surface area contributed by atoms with Crippen LogP contribution in [0.3, 0.4) is 0 Å². The van der Waals surface area contributed by atoms with Crippen LogP contribution < -0.4 is 29.7 Å². The molecule has 0 unspecified atom stereocenters. The van der Waals surface area contributed by atoms with Gasteiger partial charge in [-0.15, -0.1) is 0 Å². The summed E-state index contributed by atoms with van der Waals surface area (Å²) in [6.45, 7) is 9.98. The summed E-state index contributed by atoms with van der Waals surface area (Å²) in [4.78, 5) is 11.7. The Bertz CT molecular complexity index is 767. The zero-order chi connectivity index (χ0) is 20.2. The van der Waals surface area contributed by atoms with E-state index in [1.807, 2.05) is 18.2 Å². The molecule has 0 fully saturated rings. The smallest absolute Gasteiger partial charge is 0.248 e. The van der Waals surface area contributed by atoms with Crippen LogP contribution in [0, 0.1) is 0 Å². The van der Waals surface area contributed by atoms with E-state index < -0.39 is 5.91 Å². The number of nitrogens with two attached hydrogens (primary N) is 1. The van der Waals surface area contributed by atoms with Crippen LogP contribution in [0.5, 0.6) is 5.75 Å². The summed E-state index contributed by atoms with van der Waals surface area (Å²) in [5, 5.41) is 10.5. The fourth-order valence-corrected chi connectivity index (χ4v) is 3.69. The lowest BCUT2D eigenvalue weighted by molar-refractivity contribution is -0.949. The van der Waals surface area contributed by atoms with Crippen LogP contribution >= 0.6 is 0 Å². The maximum absolute atomic E-state index is 11.7. The third-order valence-electron chi connectivity index (χ3n) is 6.15. The molecule has 2 aromatic rings. The number of phenolic OH excluding ortho intramolecular Hbond substituents is 1. The number of primary amides is 1. The molecule has 0 bridgehead atoms. The zero-order valence-corrected chi connectivity index (χ0v) is 19.7. The van der Waals surface area contributed by atoms with Gasteiger partial charge in [-0.1, -0.05) is 30.3 Å². The average Bonchev–Trinajstić information content (AvgIpc) is 2.63. The van der Waals surface area contributed by atoms with Crippen molar-refractivity contribution in [2.24, 2.45) is 5.73 Å². The molecule has 0 aliphatic heterocycles. The Hall–Kier alpha value is -1.60. The van der Waals surface area contributed by atoms with Gasteiger partial charge in [-0.3, -0.25) is 4.79 Å². The lowest BCUT2D eigenvalue weighted by Gasteiger charge is -2.43. The summed E-state index contributed by atoms with van der Waals surface area (Å²) in [6, 6.07) is 16.0. The Morgan fingerprint density at radius 2 is 1.61 bits per heavy atom. The van der Waals surface area contributed by atoms with Crippen LogP contribution in [-0.2, 0) is 0 Å². The number of phenols is 1. The highest BCUT2D eigenvalue weighted by Gasteiger charge is 2.31. The number of amides is 1. The van der Waals surface area contributed by atoms with Gasteiger partial charge in [0.15, 0.2) is 0 Å². The Kier molecular flexibility index (Phi) is 8.95. The van der Waals surface area contributed by atoms with Gasteiger partial charge in [-0.2, -0.15) is 0 Å². The molecule has 0 spiro atoms. The first-order valence-corrected chi connectivity index (χ1v) is 9.69.